The Kier molecular flexibility index (Phi) is 8.02. The standard InChI is InChI=1S/C33H42N4O3/c1-23-13-14-28(20-24(23)2)37-30(26-15-18-35(19-16-26)32(39)40-33(3,4)5)29(21-34-37)31(38)36-17-9-12-27(22-36)25-10-7-6-8-11-25/h6-8,10-11,13-14,20-21,26-27H,9,12,15-19,22H2,1-5H3/t27-/m1/s1. The molecule has 2 fully saturated rings. The van der Waals surface area contributed by atoms with Crippen LogP contribution in [0.3, 0.4) is 0 Å². The molecule has 212 valence electrons. The number of nitrogens with zero attached hydrogens (tertiary/aromatic N) is 4. The van der Waals surface area contributed by atoms with Gasteiger partial charge in [-0.15, -0.1) is 0 Å². The third-order valence-corrected chi connectivity index (χ3v) is 8.28. The van der Waals surface area contributed by atoms with E-state index < -0.39 is 5.60 Å². The van der Waals surface area contributed by atoms with E-state index >= 15 is 0 Å². The molecule has 2 aromatic carbocycles. The Morgan fingerprint density at radius 2 is 1.60 bits per heavy atom. The molecule has 0 unspecified atom stereocenters. The number of likely N-dealkylation sites (tertiary alicyclic amines) is 2. The smallest absolute Gasteiger partial charge is 0.410 e. The Labute approximate surface area is 238 Å². The fourth-order valence-corrected chi connectivity index (χ4v) is 5.97. The predicted octanol–water partition coefficient (Wildman–Crippen LogP) is 6.62. The molecule has 3 aromatic rings. The molecule has 0 saturated carbocycles. The first kappa shape index (κ1) is 27.9. The van der Waals surface area contributed by atoms with Crippen molar-refractivity contribution in [2.75, 3.05) is 26.2 Å². The van der Waals surface area contributed by atoms with Crippen molar-refractivity contribution in [1.29, 1.82) is 0 Å². The van der Waals surface area contributed by atoms with Crippen molar-refractivity contribution in [3.8, 4) is 5.69 Å². The summed E-state index contributed by atoms with van der Waals surface area (Å²) in [7, 11) is 0. The van der Waals surface area contributed by atoms with Gasteiger partial charge in [0.05, 0.1) is 23.1 Å². The van der Waals surface area contributed by atoms with Gasteiger partial charge in [-0.25, -0.2) is 9.48 Å². The van der Waals surface area contributed by atoms with E-state index in [0.29, 0.717) is 31.1 Å². The van der Waals surface area contributed by atoms with Crippen LogP contribution >= 0.6 is 0 Å². The second kappa shape index (κ2) is 11.5. The monoisotopic (exact) mass is 542 g/mol. The van der Waals surface area contributed by atoms with Crippen LogP contribution in [0.4, 0.5) is 4.79 Å². The number of carbonyl (C=O) groups is 2. The second-order valence-corrected chi connectivity index (χ2v) is 12.4. The van der Waals surface area contributed by atoms with Gasteiger partial charge in [0.2, 0.25) is 0 Å². The molecule has 0 radical (unpaired) electrons. The summed E-state index contributed by atoms with van der Waals surface area (Å²) in [6, 6.07) is 16.9. The molecule has 7 heteroatoms. The minimum absolute atomic E-state index is 0.0558. The van der Waals surface area contributed by atoms with Gasteiger partial charge >= 0.3 is 6.09 Å². The zero-order chi connectivity index (χ0) is 28.4. The third kappa shape index (κ3) is 6.08. The fraction of sp³-hybridized carbons (Fsp3) is 0.485. The summed E-state index contributed by atoms with van der Waals surface area (Å²) in [5.74, 6) is 0.506. The van der Waals surface area contributed by atoms with Crippen LogP contribution in [0.1, 0.15) is 91.0 Å². The summed E-state index contributed by atoms with van der Waals surface area (Å²) in [5.41, 5.74) is 5.78. The van der Waals surface area contributed by atoms with Crippen molar-refractivity contribution < 1.29 is 14.3 Å². The van der Waals surface area contributed by atoms with Crippen molar-refractivity contribution in [2.24, 2.45) is 0 Å². The van der Waals surface area contributed by atoms with E-state index in [2.05, 4.69) is 56.3 Å². The SMILES string of the molecule is Cc1ccc(-n2ncc(C(=O)N3CCC[C@@H](c4ccccc4)C3)c2C2CCN(C(=O)OC(C)(C)C)CC2)cc1C. The minimum Gasteiger partial charge on any atom is -0.444 e. The minimum atomic E-state index is -0.526. The normalized spacial score (nSPS) is 18.6. The fourth-order valence-electron chi connectivity index (χ4n) is 5.97. The molecule has 1 aromatic heterocycles. The topological polar surface area (TPSA) is 67.7 Å². The van der Waals surface area contributed by atoms with Gasteiger partial charge in [0.15, 0.2) is 0 Å². The highest BCUT2D eigenvalue weighted by Crippen LogP contribution is 2.35. The van der Waals surface area contributed by atoms with E-state index in [0.717, 1.165) is 43.6 Å². The summed E-state index contributed by atoms with van der Waals surface area (Å²) in [5, 5.41) is 4.79. The van der Waals surface area contributed by atoms with E-state index in [-0.39, 0.29) is 17.9 Å². The maximum absolute atomic E-state index is 14.1. The van der Waals surface area contributed by atoms with Gasteiger partial charge in [-0.05, 0) is 89.1 Å². The number of piperidine rings is 2. The predicted molar refractivity (Wildman–Crippen MR) is 157 cm³/mol. The summed E-state index contributed by atoms with van der Waals surface area (Å²) in [4.78, 5) is 30.6. The van der Waals surface area contributed by atoms with Crippen LogP contribution in [-0.4, -0.2) is 63.4 Å². The molecule has 5 rings (SSSR count). The third-order valence-electron chi connectivity index (χ3n) is 8.28. The summed E-state index contributed by atoms with van der Waals surface area (Å²) >= 11 is 0. The summed E-state index contributed by atoms with van der Waals surface area (Å²) in [6.45, 7) is 12.5. The average molecular weight is 543 g/mol. The molecule has 3 heterocycles. The van der Waals surface area contributed by atoms with E-state index in [1.807, 2.05) is 36.4 Å². The maximum atomic E-state index is 14.1. The van der Waals surface area contributed by atoms with Gasteiger partial charge < -0.3 is 14.5 Å². The number of amides is 2. The Hall–Kier alpha value is -3.61. The van der Waals surface area contributed by atoms with Crippen molar-refractivity contribution in [1.82, 2.24) is 19.6 Å². The molecule has 2 aliphatic heterocycles. The largest absolute Gasteiger partial charge is 0.444 e. The first-order valence-electron chi connectivity index (χ1n) is 14.6. The van der Waals surface area contributed by atoms with Crippen molar-refractivity contribution in [3.05, 3.63) is 82.7 Å². The van der Waals surface area contributed by atoms with Gasteiger partial charge in [-0.2, -0.15) is 5.10 Å². The van der Waals surface area contributed by atoms with E-state index in [1.165, 1.54) is 16.7 Å². The number of aromatic nitrogens is 2. The zero-order valence-corrected chi connectivity index (χ0v) is 24.5. The van der Waals surface area contributed by atoms with Crippen LogP contribution in [0.5, 0.6) is 0 Å². The molecule has 7 nitrogen and oxygen atoms in total. The zero-order valence-electron chi connectivity index (χ0n) is 24.5. The number of benzene rings is 2. The number of hydrogen-bond donors (Lipinski definition) is 0. The molecule has 0 spiro atoms. The molecule has 1 atom stereocenters. The molecule has 0 bridgehead atoms. The molecule has 40 heavy (non-hydrogen) atoms. The number of ether oxygens (including phenoxy) is 1. The van der Waals surface area contributed by atoms with Crippen molar-refractivity contribution in [2.45, 2.75) is 77.7 Å². The molecule has 0 aliphatic carbocycles. The lowest BCUT2D eigenvalue weighted by molar-refractivity contribution is 0.0202. The van der Waals surface area contributed by atoms with Crippen LogP contribution in [-0.2, 0) is 4.74 Å². The molecule has 0 N–H and O–H groups in total. The summed E-state index contributed by atoms with van der Waals surface area (Å²) < 4.78 is 7.58. The quantitative estimate of drug-likeness (QED) is 0.371. The highest BCUT2D eigenvalue weighted by molar-refractivity contribution is 5.95. The first-order chi connectivity index (χ1) is 19.1. The number of carbonyl (C=O) groups excluding carboxylic acids is 2. The number of rotatable bonds is 4. The van der Waals surface area contributed by atoms with E-state index in [1.54, 1.807) is 11.1 Å². The van der Waals surface area contributed by atoms with Crippen LogP contribution in [0, 0.1) is 13.8 Å². The van der Waals surface area contributed by atoms with Gasteiger partial charge in [0.25, 0.3) is 5.91 Å². The van der Waals surface area contributed by atoms with Crippen LogP contribution in [0.15, 0.2) is 54.7 Å². The van der Waals surface area contributed by atoms with Crippen molar-refractivity contribution >= 4 is 12.0 Å². The Morgan fingerprint density at radius 3 is 2.27 bits per heavy atom. The number of aryl methyl sites for hydroxylation is 2. The first-order valence-corrected chi connectivity index (χ1v) is 14.6. The van der Waals surface area contributed by atoms with E-state index in [4.69, 9.17) is 9.84 Å². The van der Waals surface area contributed by atoms with Gasteiger partial charge in [-0.3, -0.25) is 4.79 Å². The highest BCUT2D eigenvalue weighted by Gasteiger charge is 2.34. The Bertz CT molecular complexity index is 1350. The molecular formula is C33H42N4O3. The van der Waals surface area contributed by atoms with Gasteiger partial charge in [-0.1, -0.05) is 36.4 Å². The van der Waals surface area contributed by atoms with Crippen molar-refractivity contribution in [3.63, 3.8) is 0 Å². The maximum Gasteiger partial charge on any atom is 0.410 e. The lowest BCUT2D eigenvalue weighted by atomic mass is 9.89. The second-order valence-electron chi connectivity index (χ2n) is 12.4. The molecule has 2 saturated heterocycles. The van der Waals surface area contributed by atoms with Gasteiger partial charge in [0, 0.05) is 38.0 Å². The lowest BCUT2D eigenvalue weighted by Crippen LogP contribution is -2.42. The Balaban J connectivity index is 1.43. The Morgan fingerprint density at radius 1 is 0.875 bits per heavy atom. The lowest BCUT2D eigenvalue weighted by Gasteiger charge is -2.35. The summed E-state index contributed by atoms with van der Waals surface area (Å²) in [6.07, 6.45) is 5.07. The number of hydrogen-bond acceptors (Lipinski definition) is 4. The van der Waals surface area contributed by atoms with Crippen LogP contribution in [0.25, 0.3) is 5.69 Å². The average Bonchev–Trinajstić information content (AvgIpc) is 3.39. The van der Waals surface area contributed by atoms with Gasteiger partial charge in [0.1, 0.15) is 5.60 Å². The molecular weight excluding hydrogens is 500 g/mol. The molecule has 2 aliphatic rings. The van der Waals surface area contributed by atoms with Crippen LogP contribution < -0.4 is 0 Å². The van der Waals surface area contributed by atoms with Crippen LogP contribution in [0.2, 0.25) is 0 Å². The molecule has 2 amide bonds. The highest BCUT2D eigenvalue weighted by atomic mass is 16.6. The van der Waals surface area contributed by atoms with E-state index in [9.17, 15) is 9.59 Å².